The largest absolute Gasteiger partial charge is 0.306 e. The van der Waals surface area contributed by atoms with Crippen molar-refractivity contribution in [2.45, 2.75) is 37.4 Å². The van der Waals surface area contributed by atoms with E-state index in [0.29, 0.717) is 0 Å². The van der Waals surface area contributed by atoms with E-state index in [0.717, 1.165) is 18.1 Å². The summed E-state index contributed by atoms with van der Waals surface area (Å²) in [6, 6.07) is 2.62. The van der Waals surface area contributed by atoms with Crippen LogP contribution >= 0.6 is 22.9 Å². The molecule has 3 heterocycles. The van der Waals surface area contributed by atoms with Crippen LogP contribution in [0.2, 0.25) is 0 Å². The van der Waals surface area contributed by atoms with Crippen LogP contribution in [0.25, 0.3) is 0 Å². The van der Waals surface area contributed by atoms with Crippen molar-refractivity contribution >= 4 is 22.9 Å². The van der Waals surface area contributed by atoms with Gasteiger partial charge in [0.05, 0.1) is 0 Å². The van der Waals surface area contributed by atoms with Crippen LogP contribution in [0.3, 0.4) is 0 Å². The first-order valence-corrected chi connectivity index (χ1v) is 7.07. The first-order chi connectivity index (χ1) is 7.24. The summed E-state index contributed by atoms with van der Waals surface area (Å²) in [5, 5.41) is 0. The fourth-order valence-electron chi connectivity index (χ4n) is 3.42. The van der Waals surface area contributed by atoms with Crippen molar-refractivity contribution in [2.75, 3.05) is 33.2 Å². The van der Waals surface area contributed by atoms with E-state index in [9.17, 15) is 0 Å². The van der Waals surface area contributed by atoms with Gasteiger partial charge in [-0.25, -0.2) is 3.11 Å². The van der Waals surface area contributed by atoms with E-state index in [1.54, 1.807) is 0 Å². The van der Waals surface area contributed by atoms with Gasteiger partial charge in [-0.05, 0) is 39.4 Å². The average Bonchev–Trinajstić information content (AvgIpc) is 2.77. The molecule has 0 saturated carbocycles. The molecule has 86 valence electrons. The second-order valence-corrected chi connectivity index (χ2v) is 6.60. The topological polar surface area (TPSA) is 9.72 Å². The molecule has 15 heavy (non-hydrogen) atoms. The van der Waals surface area contributed by atoms with Crippen LogP contribution in [0.5, 0.6) is 0 Å². The first-order valence-electron chi connectivity index (χ1n) is 6.11. The maximum absolute atomic E-state index is 2.81. The minimum Gasteiger partial charge on any atom is -0.306 e. The van der Waals surface area contributed by atoms with Gasteiger partial charge in [0.2, 0.25) is 0 Å². The van der Waals surface area contributed by atoms with Crippen LogP contribution in [-0.2, 0) is 0 Å². The quantitative estimate of drug-likeness (QED) is 0.531. The Morgan fingerprint density at radius 1 is 1.00 bits per heavy atom. The maximum atomic E-state index is 2.81. The van der Waals surface area contributed by atoms with Crippen LogP contribution < -0.4 is 0 Å². The van der Waals surface area contributed by atoms with Gasteiger partial charge in [0.15, 0.2) is 0 Å². The molecule has 3 rings (SSSR count). The molecule has 0 aromatic carbocycles. The number of hydrogen-bond acceptors (Lipinski definition) is 3. The van der Waals surface area contributed by atoms with Crippen molar-refractivity contribution in [3.63, 3.8) is 0 Å². The van der Waals surface area contributed by atoms with Crippen LogP contribution in [0.4, 0.5) is 0 Å². The van der Waals surface area contributed by atoms with Crippen LogP contribution in [0.1, 0.15) is 19.3 Å². The van der Waals surface area contributed by atoms with E-state index >= 15 is 0 Å². The Kier molecular flexibility index (Phi) is 2.96. The molecule has 4 heteroatoms. The summed E-state index contributed by atoms with van der Waals surface area (Å²) in [5.74, 6) is 0. The summed E-state index contributed by atoms with van der Waals surface area (Å²) >= 11 is 2.51. The molecule has 0 N–H and O–H groups in total. The van der Waals surface area contributed by atoms with E-state index in [1.165, 1.54) is 45.4 Å². The highest BCUT2D eigenvalue weighted by Gasteiger charge is 2.44. The van der Waals surface area contributed by atoms with Crippen molar-refractivity contribution in [1.29, 1.82) is 0 Å². The lowest BCUT2D eigenvalue weighted by molar-refractivity contribution is 0.0880. The lowest BCUT2D eigenvalue weighted by Gasteiger charge is -2.40. The summed E-state index contributed by atoms with van der Waals surface area (Å²) in [6.07, 6.45) is 4.21. The first kappa shape index (κ1) is 10.7. The third-order valence-electron chi connectivity index (χ3n) is 4.37. The Morgan fingerprint density at radius 2 is 1.73 bits per heavy atom. The highest BCUT2D eigenvalue weighted by molar-refractivity contribution is 14.1. The van der Waals surface area contributed by atoms with Gasteiger partial charge < -0.3 is 4.90 Å². The van der Waals surface area contributed by atoms with Crippen molar-refractivity contribution in [1.82, 2.24) is 12.9 Å². The minimum absolute atomic E-state index is 0.857. The van der Waals surface area contributed by atoms with E-state index in [2.05, 4.69) is 42.8 Å². The molecule has 0 aromatic heterocycles. The van der Waals surface area contributed by atoms with Gasteiger partial charge in [-0.2, -0.15) is 0 Å². The Bertz CT molecular complexity index is 238. The minimum atomic E-state index is 0.857. The predicted octanol–water partition coefficient (Wildman–Crippen LogP) is 1.19. The molecule has 0 amide bonds. The van der Waals surface area contributed by atoms with Gasteiger partial charge in [-0.15, -0.1) is 0 Å². The molecule has 0 aliphatic carbocycles. The van der Waals surface area contributed by atoms with Crippen molar-refractivity contribution in [3.8, 4) is 0 Å². The number of hydrogen-bond donors (Lipinski definition) is 0. The average molecular weight is 321 g/mol. The second-order valence-electron chi connectivity index (χ2n) is 5.36. The summed E-state index contributed by atoms with van der Waals surface area (Å²) in [7, 11) is 2.25. The van der Waals surface area contributed by atoms with Crippen molar-refractivity contribution in [2.24, 2.45) is 0 Å². The molecular weight excluding hydrogens is 301 g/mol. The van der Waals surface area contributed by atoms with Crippen molar-refractivity contribution < 1.29 is 0 Å². The van der Waals surface area contributed by atoms with Gasteiger partial charge in [0, 0.05) is 54.1 Å². The zero-order chi connectivity index (χ0) is 10.4. The second kappa shape index (κ2) is 4.13. The van der Waals surface area contributed by atoms with Crippen LogP contribution in [0.15, 0.2) is 0 Å². The fourth-order valence-corrected chi connectivity index (χ4v) is 4.28. The molecule has 3 aliphatic rings. The Hall–Kier alpha value is 0.610. The highest BCUT2D eigenvalue weighted by atomic mass is 127. The summed E-state index contributed by atoms with van der Waals surface area (Å²) in [6.45, 7) is 5.23. The number of piperidine rings is 1. The maximum Gasteiger partial charge on any atom is 0.0337 e. The lowest BCUT2D eigenvalue weighted by Crippen LogP contribution is -2.51. The molecule has 3 fully saturated rings. The molecule has 3 aliphatic heterocycles. The number of halogens is 1. The summed E-state index contributed by atoms with van der Waals surface area (Å²) in [4.78, 5) is 5.28. The molecule has 2 unspecified atom stereocenters. The molecule has 3 nitrogen and oxygen atoms in total. The van der Waals surface area contributed by atoms with E-state index in [1.807, 2.05) is 0 Å². The van der Waals surface area contributed by atoms with E-state index in [4.69, 9.17) is 0 Å². The van der Waals surface area contributed by atoms with Gasteiger partial charge in [-0.1, -0.05) is 0 Å². The number of likely N-dealkylation sites (tertiary alicyclic amines) is 2. The molecule has 2 atom stereocenters. The van der Waals surface area contributed by atoms with Gasteiger partial charge in [0.25, 0.3) is 0 Å². The normalized spacial score (nSPS) is 40.4. The predicted molar refractivity (Wildman–Crippen MR) is 70.1 cm³/mol. The molecule has 3 saturated heterocycles. The lowest BCUT2D eigenvalue weighted by atomic mass is 10.0. The van der Waals surface area contributed by atoms with Crippen molar-refractivity contribution in [3.05, 3.63) is 0 Å². The molecule has 0 aromatic rings. The SMILES string of the molecule is CN1CCC(N2CC3CC2CN3I)CC1. The number of rotatable bonds is 1. The van der Waals surface area contributed by atoms with Gasteiger partial charge in [0.1, 0.15) is 0 Å². The summed E-state index contributed by atoms with van der Waals surface area (Å²) < 4.78 is 2.52. The standard InChI is InChI=1S/C11H20IN3/c1-13-4-2-9(3-5-13)14-7-11-6-10(14)8-15(11)12/h9-11H,2-8H2,1H3. The van der Waals surface area contributed by atoms with E-state index < -0.39 is 0 Å². The number of nitrogens with zero attached hydrogens (tertiary/aromatic N) is 3. The highest BCUT2D eigenvalue weighted by Crippen LogP contribution is 2.36. The van der Waals surface area contributed by atoms with Gasteiger partial charge in [-0.3, -0.25) is 4.90 Å². The number of piperazine rings is 1. The smallest absolute Gasteiger partial charge is 0.0337 e. The monoisotopic (exact) mass is 321 g/mol. The molecule has 0 spiro atoms. The third kappa shape index (κ3) is 1.94. The Morgan fingerprint density at radius 3 is 2.27 bits per heavy atom. The Labute approximate surface area is 106 Å². The third-order valence-corrected chi connectivity index (χ3v) is 5.55. The summed E-state index contributed by atoms with van der Waals surface area (Å²) in [5.41, 5.74) is 0. The fraction of sp³-hybridized carbons (Fsp3) is 1.00. The van der Waals surface area contributed by atoms with Crippen LogP contribution in [0, 0.1) is 0 Å². The zero-order valence-electron chi connectivity index (χ0n) is 9.40. The van der Waals surface area contributed by atoms with Crippen LogP contribution in [-0.4, -0.2) is 64.3 Å². The van der Waals surface area contributed by atoms with Gasteiger partial charge >= 0.3 is 0 Å². The van der Waals surface area contributed by atoms with E-state index in [-0.39, 0.29) is 0 Å². The zero-order valence-corrected chi connectivity index (χ0v) is 11.6. The number of fused-ring (bicyclic) bond motifs is 2. The molecule has 0 radical (unpaired) electrons. The Balaban J connectivity index is 1.61. The molecular formula is C11H20IN3. The molecule has 2 bridgehead atoms.